The minimum absolute atomic E-state index is 0.0247. The van der Waals surface area contributed by atoms with Crippen LogP contribution in [0.1, 0.15) is 37.1 Å². The number of carbonyl (C=O) groups is 4. The number of carbonyl (C=O) groups excluding carboxylic acids is 4. The van der Waals surface area contributed by atoms with Gasteiger partial charge in [-0.2, -0.15) is 0 Å². The number of nitrogens with two attached hydrogens (primary N) is 1. The molecule has 0 aliphatic carbocycles. The molecule has 0 spiro atoms. The third-order valence-electron chi connectivity index (χ3n) is 6.85. The second-order valence-electron chi connectivity index (χ2n) is 10.2. The fourth-order valence-electron chi connectivity index (χ4n) is 4.56. The molecule has 0 bridgehead atoms. The number of halogens is 1. The summed E-state index contributed by atoms with van der Waals surface area (Å²) in [5, 5.41) is 8.20. The van der Waals surface area contributed by atoms with Crippen LogP contribution in [-0.4, -0.2) is 23.6 Å². The number of hydrogen-bond acceptors (Lipinski definition) is 5. The second kappa shape index (κ2) is 15.6. The smallest absolute Gasteiger partial charge is 0.272 e. The molecule has 5 N–H and O–H groups in total. The zero-order valence-corrected chi connectivity index (χ0v) is 26.4. The predicted octanol–water partition coefficient (Wildman–Crippen LogP) is 7.32. The van der Waals surface area contributed by atoms with Gasteiger partial charge in [-0.05, 0) is 77.9 Å². The molecule has 5 rings (SSSR count). The lowest BCUT2D eigenvalue weighted by Gasteiger charge is -2.18. The minimum atomic E-state index is -0.669. The Labute approximate surface area is 281 Å². The monoisotopic (exact) mass is 660 g/mol. The SMILES string of the molecule is NC(=O)c1ccccc1NC(=O)C(Sc1ccc(NC(=O)/C(=C/c2cccc(Cl)c2)NC(=O)c2ccccc2)cc1)c1ccccc1. The number of primary amides is 1. The normalized spacial score (nSPS) is 11.6. The molecular weight excluding hydrogens is 632 g/mol. The Morgan fingerprint density at radius 3 is 2.06 bits per heavy atom. The number of thioether (sulfide) groups is 1. The van der Waals surface area contributed by atoms with Crippen molar-refractivity contribution in [1.29, 1.82) is 0 Å². The molecule has 0 fully saturated rings. The summed E-state index contributed by atoms with van der Waals surface area (Å²) in [7, 11) is 0. The number of hydrogen-bond donors (Lipinski definition) is 4. The summed E-state index contributed by atoms with van der Waals surface area (Å²) < 4.78 is 0. The summed E-state index contributed by atoms with van der Waals surface area (Å²) in [5.41, 5.74) is 8.33. The first kappa shape index (κ1) is 32.7. The van der Waals surface area contributed by atoms with E-state index in [1.165, 1.54) is 11.8 Å². The third kappa shape index (κ3) is 8.97. The lowest BCUT2D eigenvalue weighted by Crippen LogP contribution is -2.30. The van der Waals surface area contributed by atoms with Crippen LogP contribution in [0.5, 0.6) is 0 Å². The van der Waals surface area contributed by atoms with E-state index in [0.29, 0.717) is 27.5 Å². The molecule has 0 radical (unpaired) electrons. The Hall–Kier alpha value is -5.64. The number of anilines is 2. The topological polar surface area (TPSA) is 130 Å². The highest BCUT2D eigenvalue weighted by molar-refractivity contribution is 8.00. The van der Waals surface area contributed by atoms with Gasteiger partial charge < -0.3 is 21.7 Å². The molecule has 1 atom stereocenters. The van der Waals surface area contributed by atoms with E-state index in [4.69, 9.17) is 17.3 Å². The van der Waals surface area contributed by atoms with Crippen LogP contribution in [0.3, 0.4) is 0 Å². The van der Waals surface area contributed by atoms with Crippen LogP contribution in [0.15, 0.2) is 144 Å². The third-order valence-corrected chi connectivity index (χ3v) is 8.35. The number of rotatable bonds is 11. The fourth-order valence-corrected chi connectivity index (χ4v) is 5.79. The highest BCUT2D eigenvalue weighted by atomic mass is 35.5. The Morgan fingerprint density at radius 1 is 0.723 bits per heavy atom. The van der Waals surface area contributed by atoms with Crippen LogP contribution < -0.4 is 21.7 Å². The molecule has 234 valence electrons. The summed E-state index contributed by atoms with van der Waals surface area (Å²) in [6, 6.07) is 38.3. The highest BCUT2D eigenvalue weighted by Gasteiger charge is 2.24. The molecule has 0 aromatic heterocycles. The molecule has 10 heteroatoms. The first-order valence-electron chi connectivity index (χ1n) is 14.4. The van der Waals surface area contributed by atoms with E-state index in [1.807, 2.05) is 30.3 Å². The van der Waals surface area contributed by atoms with Gasteiger partial charge in [0.25, 0.3) is 17.7 Å². The van der Waals surface area contributed by atoms with Gasteiger partial charge in [0.2, 0.25) is 5.91 Å². The molecule has 5 aromatic rings. The number of para-hydroxylation sites is 1. The number of amides is 4. The quantitative estimate of drug-likeness (QED) is 0.0871. The van der Waals surface area contributed by atoms with Crippen molar-refractivity contribution >= 4 is 64.4 Å². The maximum atomic E-state index is 13.6. The van der Waals surface area contributed by atoms with Crippen LogP contribution in [0, 0.1) is 0 Å². The minimum Gasteiger partial charge on any atom is -0.366 e. The van der Waals surface area contributed by atoms with Gasteiger partial charge >= 0.3 is 0 Å². The highest BCUT2D eigenvalue weighted by Crippen LogP contribution is 2.37. The molecule has 0 saturated heterocycles. The number of nitrogens with one attached hydrogen (secondary N) is 3. The van der Waals surface area contributed by atoms with Crippen molar-refractivity contribution in [2.75, 3.05) is 10.6 Å². The Balaban J connectivity index is 1.34. The van der Waals surface area contributed by atoms with Crippen LogP contribution in [-0.2, 0) is 9.59 Å². The van der Waals surface area contributed by atoms with Crippen LogP contribution in [0.25, 0.3) is 6.08 Å². The summed E-state index contributed by atoms with van der Waals surface area (Å²) in [6.45, 7) is 0. The van der Waals surface area contributed by atoms with Crippen molar-refractivity contribution in [3.63, 3.8) is 0 Å². The van der Waals surface area contributed by atoms with Crippen molar-refractivity contribution in [1.82, 2.24) is 5.32 Å². The molecule has 1 unspecified atom stereocenters. The lowest BCUT2D eigenvalue weighted by atomic mass is 10.1. The van der Waals surface area contributed by atoms with Gasteiger partial charge in [0.15, 0.2) is 0 Å². The van der Waals surface area contributed by atoms with Gasteiger partial charge in [-0.25, -0.2) is 0 Å². The van der Waals surface area contributed by atoms with Gasteiger partial charge in [-0.15, -0.1) is 11.8 Å². The van der Waals surface area contributed by atoms with E-state index in [-0.39, 0.29) is 17.2 Å². The molecule has 8 nitrogen and oxygen atoms in total. The standard InChI is InChI=1S/C37H29ClN4O4S/c38-27-15-9-10-24(22-27)23-32(42-35(44)26-13-5-2-6-14-26)36(45)40-28-18-20-29(21-19-28)47-33(25-11-3-1-4-12-25)37(46)41-31-17-8-7-16-30(31)34(39)43/h1-23,33H,(H2,39,43)(H,40,45)(H,41,46)(H,42,44)/b32-23-. The maximum absolute atomic E-state index is 13.6. The van der Waals surface area contributed by atoms with E-state index < -0.39 is 23.0 Å². The van der Waals surface area contributed by atoms with Crippen molar-refractivity contribution in [3.8, 4) is 0 Å². The summed E-state index contributed by atoms with van der Waals surface area (Å²) in [4.78, 5) is 52.6. The lowest BCUT2D eigenvalue weighted by molar-refractivity contribution is -0.116. The van der Waals surface area contributed by atoms with Crippen LogP contribution >= 0.6 is 23.4 Å². The Kier molecular flexibility index (Phi) is 10.9. The molecule has 47 heavy (non-hydrogen) atoms. The second-order valence-corrected chi connectivity index (χ2v) is 11.8. The summed E-state index contributed by atoms with van der Waals surface area (Å²) in [5.74, 6) is -1.96. The maximum Gasteiger partial charge on any atom is 0.272 e. The average molecular weight is 661 g/mol. The van der Waals surface area contributed by atoms with Crippen molar-refractivity contribution in [2.45, 2.75) is 10.1 Å². The zero-order chi connectivity index (χ0) is 33.2. The van der Waals surface area contributed by atoms with Gasteiger partial charge in [-0.1, -0.05) is 84.4 Å². The molecule has 0 saturated carbocycles. The van der Waals surface area contributed by atoms with Crippen molar-refractivity contribution in [2.24, 2.45) is 5.73 Å². The molecule has 4 amide bonds. The molecule has 5 aromatic carbocycles. The van der Waals surface area contributed by atoms with E-state index in [1.54, 1.807) is 109 Å². The summed E-state index contributed by atoms with van der Waals surface area (Å²) in [6.07, 6.45) is 1.55. The number of benzene rings is 5. The van der Waals surface area contributed by atoms with Gasteiger partial charge in [-0.3, -0.25) is 19.2 Å². The van der Waals surface area contributed by atoms with E-state index >= 15 is 0 Å². The molecule has 0 heterocycles. The summed E-state index contributed by atoms with van der Waals surface area (Å²) >= 11 is 7.45. The van der Waals surface area contributed by atoms with Crippen molar-refractivity contribution in [3.05, 3.63) is 166 Å². The van der Waals surface area contributed by atoms with E-state index in [0.717, 1.165) is 10.5 Å². The fraction of sp³-hybridized carbons (Fsp3) is 0.0270. The van der Waals surface area contributed by atoms with Gasteiger partial charge in [0.05, 0.1) is 11.3 Å². The van der Waals surface area contributed by atoms with Crippen LogP contribution in [0.4, 0.5) is 11.4 Å². The molecular formula is C37H29ClN4O4S. The Bertz CT molecular complexity index is 1930. The first-order chi connectivity index (χ1) is 22.8. The van der Waals surface area contributed by atoms with Gasteiger partial charge in [0, 0.05) is 21.2 Å². The molecule has 0 aliphatic heterocycles. The van der Waals surface area contributed by atoms with E-state index in [9.17, 15) is 19.2 Å². The Morgan fingerprint density at radius 2 is 1.38 bits per heavy atom. The van der Waals surface area contributed by atoms with Crippen LogP contribution in [0.2, 0.25) is 5.02 Å². The van der Waals surface area contributed by atoms with Crippen molar-refractivity contribution < 1.29 is 19.2 Å². The van der Waals surface area contributed by atoms with E-state index in [2.05, 4.69) is 16.0 Å². The first-order valence-corrected chi connectivity index (χ1v) is 15.7. The van der Waals surface area contributed by atoms with Gasteiger partial charge in [0.1, 0.15) is 10.9 Å². The average Bonchev–Trinajstić information content (AvgIpc) is 3.08. The largest absolute Gasteiger partial charge is 0.366 e. The zero-order valence-electron chi connectivity index (χ0n) is 24.9. The predicted molar refractivity (Wildman–Crippen MR) is 187 cm³/mol. The molecule has 0 aliphatic rings.